The Balaban J connectivity index is 2.02. The Morgan fingerprint density at radius 3 is 2.82 bits per heavy atom. The average molecular weight is 301 g/mol. The molecule has 4 nitrogen and oxygen atoms in total. The van der Waals surface area contributed by atoms with Gasteiger partial charge in [-0.25, -0.2) is 13.8 Å². The number of nitriles is 1. The van der Waals surface area contributed by atoms with Gasteiger partial charge in [0.05, 0.1) is 17.7 Å². The fraction of sp³-hybridized carbons (Fsp3) is 0.250. The van der Waals surface area contributed by atoms with Crippen molar-refractivity contribution in [3.8, 4) is 6.07 Å². The first kappa shape index (κ1) is 14.4. The third-order valence-electron chi connectivity index (χ3n) is 3.79. The van der Waals surface area contributed by atoms with Gasteiger partial charge in [-0.3, -0.25) is 0 Å². The van der Waals surface area contributed by atoms with Crippen LogP contribution in [0.1, 0.15) is 23.6 Å². The number of benzene rings is 1. The number of hydrogen-bond donors (Lipinski definition) is 1. The van der Waals surface area contributed by atoms with Crippen LogP contribution in [0.3, 0.4) is 0 Å². The van der Waals surface area contributed by atoms with Crippen molar-refractivity contribution in [3.05, 3.63) is 59.3 Å². The molecule has 0 amide bonds. The number of aromatic nitrogens is 1. The minimum atomic E-state index is -0.930. The largest absolute Gasteiger partial charge is 0.391 e. The van der Waals surface area contributed by atoms with E-state index in [0.717, 1.165) is 12.1 Å². The van der Waals surface area contributed by atoms with Gasteiger partial charge >= 0.3 is 0 Å². The van der Waals surface area contributed by atoms with E-state index in [0.29, 0.717) is 23.4 Å². The molecule has 0 spiro atoms. The number of halogens is 2. The summed E-state index contributed by atoms with van der Waals surface area (Å²) in [4.78, 5) is 5.97. The third kappa shape index (κ3) is 2.51. The van der Waals surface area contributed by atoms with Gasteiger partial charge in [-0.1, -0.05) is 6.07 Å². The number of aliphatic hydroxyl groups is 1. The predicted octanol–water partition coefficient (Wildman–Crippen LogP) is 2.54. The van der Waals surface area contributed by atoms with E-state index < -0.39 is 17.7 Å². The van der Waals surface area contributed by atoms with Gasteiger partial charge in [-0.15, -0.1) is 0 Å². The standard InChI is InChI=1S/C16H13F2N3O/c17-13-4-3-10(6-14(13)18)15-7-12(22)9-21(15)16-11(8-19)2-1-5-20-16/h1-6,12,15,22H,7,9H2/t12-,15-/m0/s1. The Morgan fingerprint density at radius 1 is 1.27 bits per heavy atom. The molecule has 22 heavy (non-hydrogen) atoms. The molecule has 3 rings (SSSR count). The maximum absolute atomic E-state index is 13.5. The number of hydrogen-bond acceptors (Lipinski definition) is 4. The maximum atomic E-state index is 13.5. The molecule has 1 N–H and O–H groups in total. The minimum absolute atomic E-state index is 0.287. The molecule has 1 saturated heterocycles. The van der Waals surface area contributed by atoms with E-state index in [1.165, 1.54) is 6.07 Å². The van der Waals surface area contributed by atoms with E-state index in [2.05, 4.69) is 11.1 Å². The van der Waals surface area contributed by atoms with Crippen LogP contribution in [0.25, 0.3) is 0 Å². The Hall–Kier alpha value is -2.52. The van der Waals surface area contributed by atoms with Crippen LogP contribution in [0, 0.1) is 23.0 Å². The zero-order chi connectivity index (χ0) is 15.7. The topological polar surface area (TPSA) is 60.2 Å². The molecule has 2 aromatic rings. The van der Waals surface area contributed by atoms with Crippen LogP contribution >= 0.6 is 0 Å². The van der Waals surface area contributed by atoms with Crippen molar-refractivity contribution in [2.24, 2.45) is 0 Å². The summed E-state index contributed by atoms with van der Waals surface area (Å²) in [5.41, 5.74) is 0.925. The first-order chi connectivity index (χ1) is 10.6. The zero-order valence-electron chi connectivity index (χ0n) is 11.6. The molecular formula is C16H13F2N3O. The van der Waals surface area contributed by atoms with Gasteiger partial charge in [-0.05, 0) is 36.2 Å². The molecule has 6 heteroatoms. The third-order valence-corrected chi connectivity index (χ3v) is 3.79. The smallest absolute Gasteiger partial charge is 0.159 e. The van der Waals surface area contributed by atoms with Gasteiger partial charge < -0.3 is 10.0 Å². The Labute approximate surface area is 126 Å². The summed E-state index contributed by atoms with van der Waals surface area (Å²) in [7, 11) is 0. The lowest BCUT2D eigenvalue weighted by Crippen LogP contribution is -2.26. The van der Waals surface area contributed by atoms with Gasteiger partial charge in [0.15, 0.2) is 11.6 Å². The summed E-state index contributed by atoms with van der Waals surface area (Å²) in [5.74, 6) is -1.40. The Kier molecular flexibility index (Phi) is 3.73. The lowest BCUT2D eigenvalue weighted by Gasteiger charge is -2.26. The summed E-state index contributed by atoms with van der Waals surface area (Å²) >= 11 is 0. The van der Waals surface area contributed by atoms with E-state index in [1.807, 2.05) is 0 Å². The number of anilines is 1. The highest BCUT2D eigenvalue weighted by Gasteiger charge is 2.34. The molecule has 2 heterocycles. The van der Waals surface area contributed by atoms with Gasteiger partial charge in [-0.2, -0.15) is 5.26 Å². The van der Waals surface area contributed by atoms with Crippen molar-refractivity contribution >= 4 is 5.82 Å². The van der Waals surface area contributed by atoms with Crippen molar-refractivity contribution in [1.29, 1.82) is 5.26 Å². The van der Waals surface area contributed by atoms with E-state index in [-0.39, 0.29) is 12.6 Å². The maximum Gasteiger partial charge on any atom is 0.159 e. The number of rotatable bonds is 2. The summed E-state index contributed by atoms with van der Waals surface area (Å²) in [6.45, 7) is 0.287. The van der Waals surface area contributed by atoms with E-state index in [4.69, 9.17) is 0 Å². The lowest BCUT2D eigenvalue weighted by atomic mass is 10.0. The summed E-state index contributed by atoms with van der Waals surface area (Å²) < 4.78 is 26.6. The molecule has 0 aliphatic carbocycles. The molecule has 1 fully saturated rings. The SMILES string of the molecule is N#Cc1cccnc1N1C[C@@H](O)C[C@H]1c1ccc(F)c(F)c1. The molecule has 0 unspecified atom stereocenters. The number of aliphatic hydroxyl groups excluding tert-OH is 1. The van der Waals surface area contributed by atoms with Crippen LogP contribution in [0.15, 0.2) is 36.5 Å². The van der Waals surface area contributed by atoms with E-state index >= 15 is 0 Å². The molecule has 1 aromatic carbocycles. The quantitative estimate of drug-likeness (QED) is 0.926. The van der Waals surface area contributed by atoms with Crippen LogP contribution in [0.2, 0.25) is 0 Å². The highest BCUT2D eigenvalue weighted by atomic mass is 19.2. The second-order valence-corrected chi connectivity index (χ2v) is 5.22. The molecule has 1 aromatic heterocycles. The van der Waals surface area contributed by atoms with E-state index in [1.54, 1.807) is 23.2 Å². The summed E-state index contributed by atoms with van der Waals surface area (Å²) in [6, 6.07) is 8.67. The molecule has 1 aliphatic heterocycles. The van der Waals surface area contributed by atoms with Gasteiger partial charge in [0.2, 0.25) is 0 Å². The minimum Gasteiger partial charge on any atom is -0.391 e. The second-order valence-electron chi connectivity index (χ2n) is 5.22. The van der Waals surface area contributed by atoms with Crippen LogP contribution in [-0.4, -0.2) is 22.7 Å². The van der Waals surface area contributed by atoms with Gasteiger partial charge in [0.25, 0.3) is 0 Å². The van der Waals surface area contributed by atoms with Crippen molar-refractivity contribution in [2.45, 2.75) is 18.6 Å². The highest BCUT2D eigenvalue weighted by Crippen LogP contribution is 2.37. The monoisotopic (exact) mass is 301 g/mol. The molecular weight excluding hydrogens is 288 g/mol. The van der Waals surface area contributed by atoms with Crippen molar-refractivity contribution in [1.82, 2.24) is 4.98 Å². The fourth-order valence-corrected chi connectivity index (χ4v) is 2.80. The van der Waals surface area contributed by atoms with Crippen LogP contribution in [0.4, 0.5) is 14.6 Å². The molecule has 2 atom stereocenters. The zero-order valence-corrected chi connectivity index (χ0v) is 11.6. The number of nitrogens with zero attached hydrogens (tertiary/aromatic N) is 3. The van der Waals surface area contributed by atoms with Crippen molar-refractivity contribution in [3.63, 3.8) is 0 Å². The van der Waals surface area contributed by atoms with Crippen molar-refractivity contribution in [2.75, 3.05) is 11.4 Å². The number of pyridine rings is 1. The lowest BCUT2D eigenvalue weighted by molar-refractivity contribution is 0.194. The van der Waals surface area contributed by atoms with Gasteiger partial charge in [0.1, 0.15) is 11.9 Å². The summed E-state index contributed by atoms with van der Waals surface area (Å²) in [6.07, 6.45) is 1.31. The molecule has 112 valence electrons. The molecule has 0 bridgehead atoms. The first-order valence-electron chi connectivity index (χ1n) is 6.85. The molecule has 0 radical (unpaired) electrons. The van der Waals surface area contributed by atoms with Crippen molar-refractivity contribution < 1.29 is 13.9 Å². The first-order valence-corrected chi connectivity index (χ1v) is 6.85. The molecule has 1 aliphatic rings. The predicted molar refractivity (Wildman–Crippen MR) is 76.0 cm³/mol. The highest BCUT2D eigenvalue weighted by molar-refractivity contribution is 5.56. The second kappa shape index (κ2) is 5.70. The summed E-state index contributed by atoms with van der Waals surface area (Å²) in [5, 5.41) is 19.2. The Morgan fingerprint density at radius 2 is 2.09 bits per heavy atom. The van der Waals surface area contributed by atoms with Gasteiger partial charge in [0, 0.05) is 12.7 Å². The normalized spacial score (nSPS) is 20.9. The average Bonchev–Trinajstić information content (AvgIpc) is 2.91. The fourth-order valence-electron chi connectivity index (χ4n) is 2.80. The molecule has 0 saturated carbocycles. The van der Waals surface area contributed by atoms with E-state index in [9.17, 15) is 19.1 Å². The Bertz CT molecular complexity index is 744. The van der Waals surface area contributed by atoms with Crippen LogP contribution < -0.4 is 4.90 Å². The van der Waals surface area contributed by atoms with Crippen LogP contribution in [-0.2, 0) is 0 Å². The van der Waals surface area contributed by atoms with Crippen LogP contribution in [0.5, 0.6) is 0 Å². The number of β-amino-alcohol motifs (C(OH)–C–C–N with tert-alkyl or cyclic N) is 1.